The van der Waals surface area contributed by atoms with Crippen LogP contribution in [0.4, 0.5) is 0 Å². The molecule has 0 N–H and O–H groups in total. The second-order valence-electron chi connectivity index (χ2n) is 5.42. The molecule has 0 aliphatic rings. The molecule has 0 fully saturated rings. The first-order valence-electron chi connectivity index (χ1n) is 7.44. The highest BCUT2D eigenvalue weighted by Gasteiger charge is 2.23. The van der Waals surface area contributed by atoms with Crippen LogP contribution in [0.5, 0.6) is 0 Å². The zero-order chi connectivity index (χ0) is 16.4. The van der Waals surface area contributed by atoms with E-state index < -0.39 is 9.84 Å². The first kappa shape index (κ1) is 16.0. The number of sulfone groups is 1. The highest BCUT2D eigenvalue weighted by atomic mass is 35.5. The number of nitrogens with zero attached hydrogens (tertiary/aromatic N) is 2. The minimum Gasteiger partial charge on any atom is -0.310 e. The molecule has 3 aromatic rings. The third-order valence-electron chi connectivity index (χ3n) is 3.60. The van der Waals surface area contributed by atoms with Crippen LogP contribution >= 0.6 is 11.6 Å². The summed E-state index contributed by atoms with van der Waals surface area (Å²) < 4.78 is 26.9. The largest absolute Gasteiger partial charge is 0.310 e. The van der Waals surface area contributed by atoms with Crippen molar-refractivity contribution in [3.05, 3.63) is 59.1 Å². The fraction of sp³-hybridized carbons (Fsp3) is 0.235. The van der Waals surface area contributed by atoms with E-state index in [0.717, 1.165) is 11.1 Å². The Balaban J connectivity index is 2.17. The van der Waals surface area contributed by atoms with Gasteiger partial charge in [0.25, 0.3) is 0 Å². The lowest BCUT2D eigenvalue weighted by Crippen LogP contribution is -2.14. The molecule has 1 heterocycles. The molecular formula is C17H17ClN2O2S. The number of fused-ring (bicyclic) bond motifs is 1. The Kier molecular flexibility index (Phi) is 4.41. The van der Waals surface area contributed by atoms with Crippen molar-refractivity contribution in [3.63, 3.8) is 0 Å². The highest BCUT2D eigenvalue weighted by Crippen LogP contribution is 2.23. The molecule has 0 aliphatic carbocycles. The second kappa shape index (κ2) is 6.34. The van der Waals surface area contributed by atoms with E-state index in [9.17, 15) is 8.42 Å². The molecule has 0 saturated heterocycles. The average molecular weight is 349 g/mol. The van der Waals surface area contributed by atoms with E-state index in [1.807, 2.05) is 49.4 Å². The van der Waals surface area contributed by atoms with Crippen LogP contribution in [0.3, 0.4) is 0 Å². The number of benzene rings is 2. The first-order chi connectivity index (χ1) is 11.0. The maximum absolute atomic E-state index is 12.6. The minimum absolute atomic E-state index is 0.0892. The lowest BCUT2D eigenvalue weighted by molar-refractivity contribution is 0.574. The molecule has 0 aliphatic heterocycles. The Labute approximate surface area is 140 Å². The molecule has 4 nitrogen and oxygen atoms in total. The van der Waals surface area contributed by atoms with E-state index in [4.69, 9.17) is 11.6 Å². The molecule has 0 bridgehead atoms. The summed E-state index contributed by atoms with van der Waals surface area (Å²) >= 11 is 6.04. The van der Waals surface area contributed by atoms with E-state index in [0.29, 0.717) is 23.5 Å². The van der Waals surface area contributed by atoms with Gasteiger partial charge in [0.05, 0.1) is 23.3 Å². The third-order valence-corrected chi connectivity index (χ3v) is 5.65. The Bertz CT molecular complexity index is 948. The van der Waals surface area contributed by atoms with Gasteiger partial charge < -0.3 is 4.57 Å². The van der Waals surface area contributed by atoms with Crippen LogP contribution in [0.2, 0.25) is 5.02 Å². The standard InChI is InChI=1S/C17H17ClN2O2S/c1-2-10-23(21,22)17-19-15-8-3-4-9-16(15)20(17)12-13-6-5-7-14(18)11-13/h3-9,11H,2,10,12H2,1H3. The van der Waals surface area contributed by atoms with Gasteiger partial charge in [0.1, 0.15) is 0 Å². The van der Waals surface area contributed by atoms with Crippen LogP contribution in [0.25, 0.3) is 11.0 Å². The third kappa shape index (κ3) is 3.26. The Morgan fingerprint density at radius 2 is 1.91 bits per heavy atom. The maximum atomic E-state index is 12.6. The van der Waals surface area contributed by atoms with Gasteiger partial charge in [-0.1, -0.05) is 42.8 Å². The van der Waals surface area contributed by atoms with Crippen molar-refractivity contribution in [2.45, 2.75) is 25.0 Å². The van der Waals surface area contributed by atoms with E-state index in [-0.39, 0.29) is 10.9 Å². The second-order valence-corrected chi connectivity index (χ2v) is 7.86. The number of halogens is 1. The van der Waals surface area contributed by atoms with Crippen LogP contribution in [0.1, 0.15) is 18.9 Å². The molecule has 0 atom stereocenters. The molecule has 0 radical (unpaired) electrons. The molecule has 23 heavy (non-hydrogen) atoms. The SMILES string of the molecule is CCCS(=O)(=O)c1nc2ccccc2n1Cc1cccc(Cl)c1. The van der Waals surface area contributed by atoms with Gasteiger partial charge in [-0.15, -0.1) is 0 Å². The molecule has 2 aromatic carbocycles. The van der Waals surface area contributed by atoms with Crippen LogP contribution in [-0.4, -0.2) is 23.7 Å². The summed E-state index contributed by atoms with van der Waals surface area (Å²) in [5.41, 5.74) is 2.43. The Morgan fingerprint density at radius 3 is 2.65 bits per heavy atom. The Hall–Kier alpha value is -1.85. The van der Waals surface area contributed by atoms with Crippen LogP contribution in [0.15, 0.2) is 53.7 Å². The van der Waals surface area contributed by atoms with Crippen molar-refractivity contribution in [1.82, 2.24) is 9.55 Å². The van der Waals surface area contributed by atoms with Crippen LogP contribution in [-0.2, 0) is 16.4 Å². The summed E-state index contributed by atoms with van der Waals surface area (Å²) in [6.45, 7) is 2.26. The van der Waals surface area contributed by atoms with Crippen molar-refractivity contribution < 1.29 is 8.42 Å². The van der Waals surface area contributed by atoms with E-state index in [1.165, 1.54) is 0 Å². The first-order valence-corrected chi connectivity index (χ1v) is 9.47. The van der Waals surface area contributed by atoms with Gasteiger partial charge in [0, 0.05) is 5.02 Å². The van der Waals surface area contributed by atoms with Gasteiger partial charge in [0.15, 0.2) is 0 Å². The summed E-state index contributed by atoms with van der Waals surface area (Å²) in [5, 5.41) is 0.755. The molecule has 1 aromatic heterocycles. The van der Waals surface area contributed by atoms with Gasteiger partial charge >= 0.3 is 0 Å². The molecule has 0 unspecified atom stereocenters. The predicted molar refractivity (Wildman–Crippen MR) is 92.6 cm³/mol. The number of hydrogen-bond acceptors (Lipinski definition) is 3. The molecule has 0 saturated carbocycles. The van der Waals surface area contributed by atoms with Crippen LogP contribution < -0.4 is 0 Å². The number of rotatable bonds is 5. The zero-order valence-corrected chi connectivity index (χ0v) is 14.3. The normalized spacial score (nSPS) is 11.9. The topological polar surface area (TPSA) is 52.0 Å². The van der Waals surface area contributed by atoms with E-state index in [1.54, 1.807) is 10.6 Å². The minimum atomic E-state index is -3.41. The van der Waals surface area contributed by atoms with Gasteiger partial charge in [0.2, 0.25) is 15.0 Å². The van der Waals surface area contributed by atoms with Crippen molar-refractivity contribution in [1.29, 1.82) is 0 Å². The van der Waals surface area contributed by atoms with Crippen molar-refractivity contribution in [3.8, 4) is 0 Å². The highest BCUT2D eigenvalue weighted by molar-refractivity contribution is 7.91. The molecule has 0 amide bonds. The Morgan fingerprint density at radius 1 is 1.13 bits per heavy atom. The van der Waals surface area contributed by atoms with Crippen molar-refractivity contribution >= 4 is 32.5 Å². The van der Waals surface area contributed by atoms with Crippen molar-refractivity contribution in [2.75, 3.05) is 5.75 Å². The lowest BCUT2D eigenvalue weighted by atomic mass is 10.2. The predicted octanol–water partition coefficient (Wildman–Crippen LogP) is 3.92. The molecule has 3 rings (SSSR count). The van der Waals surface area contributed by atoms with Crippen LogP contribution in [0, 0.1) is 0 Å². The van der Waals surface area contributed by atoms with Crippen molar-refractivity contribution in [2.24, 2.45) is 0 Å². The summed E-state index contributed by atoms with van der Waals surface area (Å²) in [7, 11) is -3.41. The fourth-order valence-electron chi connectivity index (χ4n) is 2.62. The smallest absolute Gasteiger partial charge is 0.229 e. The number of aromatic nitrogens is 2. The van der Waals surface area contributed by atoms with E-state index >= 15 is 0 Å². The lowest BCUT2D eigenvalue weighted by Gasteiger charge is -2.10. The zero-order valence-electron chi connectivity index (χ0n) is 12.7. The van der Waals surface area contributed by atoms with Gasteiger partial charge in [-0.05, 0) is 36.2 Å². The monoisotopic (exact) mass is 348 g/mol. The maximum Gasteiger partial charge on any atom is 0.229 e. The number of hydrogen-bond donors (Lipinski definition) is 0. The number of imidazole rings is 1. The summed E-state index contributed by atoms with van der Waals surface area (Å²) in [6.07, 6.45) is 0.558. The quantitative estimate of drug-likeness (QED) is 0.702. The van der Waals surface area contributed by atoms with Gasteiger partial charge in [-0.2, -0.15) is 0 Å². The van der Waals surface area contributed by atoms with Gasteiger partial charge in [-0.3, -0.25) is 0 Å². The number of para-hydroxylation sites is 2. The summed E-state index contributed by atoms with van der Waals surface area (Å²) in [4.78, 5) is 4.36. The van der Waals surface area contributed by atoms with E-state index in [2.05, 4.69) is 4.98 Å². The van der Waals surface area contributed by atoms with Gasteiger partial charge in [-0.25, -0.2) is 13.4 Å². The molecular weight excluding hydrogens is 332 g/mol. The molecule has 6 heteroatoms. The molecule has 0 spiro atoms. The summed E-state index contributed by atoms with van der Waals surface area (Å²) in [6, 6.07) is 14.9. The fourth-order valence-corrected chi connectivity index (χ4v) is 4.29. The average Bonchev–Trinajstić information content (AvgIpc) is 2.87. The molecule has 120 valence electrons. The summed E-state index contributed by atoms with van der Waals surface area (Å²) in [5.74, 6) is 0.0892.